The quantitative estimate of drug-likeness (QED) is 0.832. The van der Waals surface area contributed by atoms with Gasteiger partial charge in [-0.25, -0.2) is 4.98 Å². The molecule has 1 amide bonds. The van der Waals surface area contributed by atoms with Crippen molar-refractivity contribution in [3.05, 3.63) is 35.2 Å². The molecule has 130 valence electrons. The highest BCUT2D eigenvalue weighted by molar-refractivity contribution is 7.14. The van der Waals surface area contributed by atoms with E-state index < -0.39 is 5.41 Å². The molecule has 0 saturated heterocycles. The first-order valence-electron chi connectivity index (χ1n) is 8.63. The predicted molar refractivity (Wildman–Crippen MR) is 101 cm³/mol. The van der Waals surface area contributed by atoms with Gasteiger partial charge in [-0.05, 0) is 23.8 Å². The van der Waals surface area contributed by atoms with Crippen LogP contribution in [0.25, 0.3) is 11.3 Å². The third kappa shape index (κ3) is 3.59. The van der Waals surface area contributed by atoms with Crippen molar-refractivity contribution >= 4 is 22.4 Å². The number of hydrogen-bond acceptors (Lipinski definition) is 4. The average molecular weight is 353 g/mol. The van der Waals surface area contributed by atoms with Crippen molar-refractivity contribution < 1.29 is 4.79 Å². The van der Waals surface area contributed by atoms with Crippen LogP contribution in [0, 0.1) is 16.7 Å². The summed E-state index contributed by atoms with van der Waals surface area (Å²) in [4.78, 5) is 17.0. The summed E-state index contributed by atoms with van der Waals surface area (Å²) in [5, 5.41) is 14.8. The molecular formula is C20H23N3OS. The van der Waals surface area contributed by atoms with Gasteiger partial charge in [0.15, 0.2) is 5.13 Å². The van der Waals surface area contributed by atoms with Gasteiger partial charge in [0, 0.05) is 10.9 Å². The van der Waals surface area contributed by atoms with E-state index in [1.165, 1.54) is 16.9 Å². The first-order chi connectivity index (χ1) is 11.8. The molecule has 2 aromatic rings. The first-order valence-corrected chi connectivity index (χ1v) is 9.51. The van der Waals surface area contributed by atoms with Gasteiger partial charge in [-0.3, -0.25) is 4.79 Å². The number of rotatable bonds is 3. The Bertz CT molecular complexity index is 803. The fraction of sp³-hybridized carbons (Fsp3) is 0.450. The van der Waals surface area contributed by atoms with Crippen molar-refractivity contribution in [1.29, 1.82) is 5.26 Å². The largest absolute Gasteiger partial charge is 0.301 e. The summed E-state index contributed by atoms with van der Waals surface area (Å²) in [6, 6.07) is 10.6. The summed E-state index contributed by atoms with van der Waals surface area (Å²) in [7, 11) is 0. The molecular weight excluding hydrogens is 330 g/mol. The lowest BCUT2D eigenvalue weighted by Gasteiger charge is -2.19. The summed E-state index contributed by atoms with van der Waals surface area (Å²) in [5.41, 5.74) is 2.39. The predicted octanol–water partition coefficient (Wildman–Crippen LogP) is 5.13. The number of anilines is 1. The molecule has 4 nitrogen and oxygen atoms in total. The van der Waals surface area contributed by atoms with E-state index in [4.69, 9.17) is 0 Å². The fourth-order valence-corrected chi connectivity index (χ4v) is 3.90. The van der Waals surface area contributed by atoms with Crippen molar-refractivity contribution in [2.75, 3.05) is 5.32 Å². The minimum absolute atomic E-state index is 0.118. The molecule has 0 bridgehead atoms. The maximum Gasteiger partial charge on any atom is 0.246 e. The molecule has 0 spiro atoms. The van der Waals surface area contributed by atoms with Gasteiger partial charge in [-0.1, -0.05) is 57.9 Å². The molecule has 1 aliphatic rings. The van der Waals surface area contributed by atoms with Crippen LogP contribution >= 0.6 is 11.3 Å². The topological polar surface area (TPSA) is 65.8 Å². The minimum Gasteiger partial charge on any atom is -0.301 e. The maximum absolute atomic E-state index is 12.5. The summed E-state index contributed by atoms with van der Waals surface area (Å²) < 4.78 is 0. The van der Waals surface area contributed by atoms with E-state index in [-0.39, 0.29) is 11.3 Å². The van der Waals surface area contributed by atoms with Gasteiger partial charge in [0.25, 0.3) is 0 Å². The molecule has 25 heavy (non-hydrogen) atoms. The normalized spacial score (nSPS) is 16.4. The third-order valence-electron chi connectivity index (χ3n) is 4.88. The van der Waals surface area contributed by atoms with Gasteiger partial charge in [0.1, 0.15) is 5.41 Å². The maximum atomic E-state index is 12.5. The number of nitrogens with one attached hydrogen (secondary N) is 1. The first kappa shape index (κ1) is 17.6. The van der Waals surface area contributed by atoms with Crippen LogP contribution in [-0.4, -0.2) is 10.9 Å². The van der Waals surface area contributed by atoms with Crippen LogP contribution in [0.2, 0.25) is 0 Å². The Labute approximate surface area is 152 Å². The van der Waals surface area contributed by atoms with Gasteiger partial charge in [0.2, 0.25) is 5.91 Å². The lowest BCUT2D eigenvalue weighted by atomic mass is 9.86. The number of amides is 1. The molecule has 0 aliphatic heterocycles. The average Bonchev–Trinajstić information content (AvgIpc) is 3.24. The number of carbonyl (C=O) groups excluding carboxylic acids is 1. The molecule has 1 fully saturated rings. The van der Waals surface area contributed by atoms with E-state index in [1.54, 1.807) is 0 Å². The minimum atomic E-state index is -0.875. The van der Waals surface area contributed by atoms with Crippen molar-refractivity contribution in [3.8, 4) is 17.3 Å². The van der Waals surface area contributed by atoms with E-state index in [9.17, 15) is 10.1 Å². The Hall–Kier alpha value is -2.19. The molecule has 0 radical (unpaired) electrons. The third-order valence-corrected chi connectivity index (χ3v) is 5.63. The zero-order valence-electron chi connectivity index (χ0n) is 14.9. The standard InChI is InChI=1S/C20H23N3OS/c1-19(2,3)15-8-6-14(7-9-15)16-12-25-18(22-16)23-17(24)20(13-21)10-4-5-11-20/h6-9,12H,4-5,10-11H2,1-3H3,(H,22,23,24). The van der Waals surface area contributed by atoms with E-state index in [0.717, 1.165) is 24.1 Å². The van der Waals surface area contributed by atoms with Gasteiger partial charge in [0.05, 0.1) is 11.8 Å². The van der Waals surface area contributed by atoms with Crippen LogP contribution < -0.4 is 5.32 Å². The van der Waals surface area contributed by atoms with Crippen LogP contribution in [0.5, 0.6) is 0 Å². The fourth-order valence-electron chi connectivity index (χ4n) is 3.19. The Morgan fingerprint density at radius 3 is 2.44 bits per heavy atom. The summed E-state index contributed by atoms with van der Waals surface area (Å²) in [6.45, 7) is 6.56. The molecule has 0 atom stereocenters. The van der Waals surface area contributed by atoms with E-state index >= 15 is 0 Å². The lowest BCUT2D eigenvalue weighted by molar-refractivity contribution is -0.122. The number of hydrogen-bond donors (Lipinski definition) is 1. The number of thiazole rings is 1. The summed E-state index contributed by atoms with van der Waals surface area (Å²) in [6.07, 6.45) is 3.15. The second-order valence-electron chi connectivity index (χ2n) is 7.72. The van der Waals surface area contributed by atoms with Crippen molar-refractivity contribution in [1.82, 2.24) is 4.98 Å². The van der Waals surface area contributed by atoms with E-state index in [1.807, 2.05) is 5.38 Å². The van der Waals surface area contributed by atoms with Crippen LogP contribution in [0.4, 0.5) is 5.13 Å². The molecule has 1 aromatic heterocycles. The second kappa shape index (κ2) is 6.61. The molecule has 1 aromatic carbocycles. The van der Waals surface area contributed by atoms with Crippen LogP contribution in [0.3, 0.4) is 0 Å². The van der Waals surface area contributed by atoms with Gasteiger partial charge in [-0.2, -0.15) is 5.26 Å². The Morgan fingerprint density at radius 1 is 1.24 bits per heavy atom. The lowest BCUT2D eigenvalue weighted by Crippen LogP contribution is -2.32. The van der Waals surface area contributed by atoms with E-state index in [0.29, 0.717) is 18.0 Å². The molecule has 1 aliphatic carbocycles. The number of aromatic nitrogens is 1. The molecule has 1 heterocycles. The van der Waals surface area contributed by atoms with Crippen molar-refractivity contribution in [2.24, 2.45) is 5.41 Å². The molecule has 1 N–H and O–H groups in total. The molecule has 3 rings (SSSR count). The zero-order chi connectivity index (χ0) is 18.1. The van der Waals surface area contributed by atoms with Crippen molar-refractivity contribution in [3.63, 3.8) is 0 Å². The summed E-state index contributed by atoms with van der Waals surface area (Å²) in [5.74, 6) is -0.212. The number of carbonyl (C=O) groups is 1. The van der Waals surface area contributed by atoms with Crippen molar-refractivity contribution in [2.45, 2.75) is 51.9 Å². The highest BCUT2D eigenvalue weighted by atomic mass is 32.1. The summed E-state index contributed by atoms with van der Waals surface area (Å²) >= 11 is 1.40. The SMILES string of the molecule is CC(C)(C)c1ccc(-c2csc(NC(=O)C3(C#N)CCCC3)n2)cc1. The smallest absolute Gasteiger partial charge is 0.246 e. The number of nitrogens with zero attached hydrogens (tertiary/aromatic N) is 2. The van der Waals surface area contributed by atoms with Gasteiger partial charge >= 0.3 is 0 Å². The highest BCUT2D eigenvalue weighted by Gasteiger charge is 2.41. The Morgan fingerprint density at radius 2 is 1.88 bits per heavy atom. The molecule has 1 saturated carbocycles. The van der Waals surface area contributed by atoms with Crippen LogP contribution in [0.15, 0.2) is 29.6 Å². The molecule has 0 unspecified atom stereocenters. The van der Waals surface area contributed by atoms with E-state index in [2.05, 4.69) is 61.4 Å². The number of benzene rings is 1. The highest BCUT2D eigenvalue weighted by Crippen LogP contribution is 2.39. The Balaban J connectivity index is 1.74. The van der Waals surface area contributed by atoms with Gasteiger partial charge < -0.3 is 5.32 Å². The van der Waals surface area contributed by atoms with Crippen LogP contribution in [0.1, 0.15) is 52.0 Å². The number of nitriles is 1. The zero-order valence-corrected chi connectivity index (χ0v) is 15.7. The monoisotopic (exact) mass is 353 g/mol. The van der Waals surface area contributed by atoms with Crippen LogP contribution in [-0.2, 0) is 10.2 Å². The molecule has 5 heteroatoms. The second-order valence-corrected chi connectivity index (χ2v) is 8.58. The Kier molecular flexibility index (Phi) is 4.66. The van der Waals surface area contributed by atoms with Gasteiger partial charge in [-0.15, -0.1) is 11.3 Å².